The average molecular weight is 552 g/mol. The number of aromatic nitrogens is 1. The molecule has 1 aromatic heterocycles. The summed E-state index contributed by atoms with van der Waals surface area (Å²) in [6.07, 6.45) is 6.83. The highest BCUT2D eigenvalue weighted by Gasteiger charge is 2.35. The monoisotopic (exact) mass is 551 g/mol. The number of amides is 3. The fourth-order valence-corrected chi connectivity index (χ4v) is 5.89. The van der Waals surface area contributed by atoms with Gasteiger partial charge in [-0.25, -0.2) is 0 Å². The second kappa shape index (κ2) is 11.4. The first kappa shape index (κ1) is 26.0. The van der Waals surface area contributed by atoms with Crippen LogP contribution in [0.25, 0.3) is 17.0 Å². The van der Waals surface area contributed by atoms with Crippen molar-refractivity contribution in [3.05, 3.63) is 106 Å². The molecule has 0 radical (unpaired) electrons. The van der Waals surface area contributed by atoms with Gasteiger partial charge in [-0.2, -0.15) is 0 Å². The molecular weight excluding hydrogens is 522 g/mol. The maximum Gasteiger partial charge on any atom is 0.293 e. The average Bonchev–Trinajstić information content (AvgIpc) is 3.52. The number of ether oxygens (including phenoxy) is 1. The number of piperidine rings is 1. The number of imide groups is 1. The molecule has 8 heteroatoms. The number of likely N-dealkylation sites (tertiary alicyclic amines) is 1. The number of nitrogens with one attached hydrogen (secondary N) is 1. The van der Waals surface area contributed by atoms with Crippen molar-refractivity contribution < 1.29 is 19.1 Å². The Morgan fingerprint density at radius 3 is 2.48 bits per heavy atom. The Morgan fingerprint density at radius 2 is 1.70 bits per heavy atom. The summed E-state index contributed by atoms with van der Waals surface area (Å²) < 4.78 is 5.98. The number of fused-ring (bicyclic) bond motifs is 1. The molecule has 1 N–H and O–H groups in total. The number of hydrogen-bond acceptors (Lipinski definition) is 5. The topological polar surface area (TPSA) is 82.7 Å². The predicted octanol–water partition coefficient (Wildman–Crippen LogP) is 6.61. The molecule has 7 nitrogen and oxygen atoms in total. The van der Waals surface area contributed by atoms with Crippen LogP contribution in [0.2, 0.25) is 0 Å². The number of hydrogen-bond donors (Lipinski definition) is 1. The van der Waals surface area contributed by atoms with E-state index in [1.165, 1.54) is 11.3 Å². The van der Waals surface area contributed by atoms with Crippen molar-refractivity contribution in [3.63, 3.8) is 0 Å². The van der Waals surface area contributed by atoms with E-state index in [2.05, 4.69) is 4.98 Å². The lowest BCUT2D eigenvalue weighted by Gasteiger charge is -2.26. The molecule has 0 atom stereocenters. The van der Waals surface area contributed by atoms with Crippen LogP contribution >= 0.6 is 11.8 Å². The van der Waals surface area contributed by atoms with Gasteiger partial charge in [-0.15, -0.1) is 0 Å². The first-order valence-electron chi connectivity index (χ1n) is 13.5. The molecule has 2 fully saturated rings. The molecule has 3 amide bonds. The van der Waals surface area contributed by atoms with Crippen LogP contribution < -0.4 is 4.74 Å². The molecule has 3 aromatic carbocycles. The lowest BCUT2D eigenvalue weighted by molar-refractivity contribution is -0.123. The Labute approximate surface area is 236 Å². The van der Waals surface area contributed by atoms with Gasteiger partial charge in [0.05, 0.1) is 11.4 Å². The number of benzene rings is 3. The zero-order valence-corrected chi connectivity index (χ0v) is 22.8. The van der Waals surface area contributed by atoms with Gasteiger partial charge in [-0.1, -0.05) is 42.5 Å². The van der Waals surface area contributed by atoms with Gasteiger partial charge in [0.2, 0.25) is 0 Å². The molecule has 6 rings (SSSR count). The van der Waals surface area contributed by atoms with Gasteiger partial charge in [-0.05, 0) is 78.6 Å². The van der Waals surface area contributed by atoms with Crippen molar-refractivity contribution in [3.8, 4) is 5.75 Å². The zero-order valence-electron chi connectivity index (χ0n) is 22.0. The Hall–Kier alpha value is -4.30. The van der Waals surface area contributed by atoms with Crippen molar-refractivity contribution in [1.82, 2.24) is 14.8 Å². The first-order valence-corrected chi connectivity index (χ1v) is 14.3. The maximum absolute atomic E-state index is 13.2. The molecule has 202 valence electrons. The van der Waals surface area contributed by atoms with Gasteiger partial charge in [0.25, 0.3) is 17.1 Å². The van der Waals surface area contributed by atoms with Gasteiger partial charge >= 0.3 is 0 Å². The molecule has 2 aliphatic rings. The van der Waals surface area contributed by atoms with Crippen molar-refractivity contribution in [1.29, 1.82) is 0 Å². The Balaban J connectivity index is 1.14. The van der Waals surface area contributed by atoms with E-state index in [0.717, 1.165) is 71.0 Å². The van der Waals surface area contributed by atoms with E-state index in [1.54, 1.807) is 18.2 Å². The van der Waals surface area contributed by atoms with Gasteiger partial charge in [-0.3, -0.25) is 19.3 Å². The SMILES string of the molecule is O=C(c1ccc(CN2C(=O)SC(=Cc3c[nH]c4ccc(OCc5ccccc5)cc34)C2=O)cc1)N1CCCCC1. The summed E-state index contributed by atoms with van der Waals surface area (Å²) in [5.41, 5.74) is 4.23. The van der Waals surface area contributed by atoms with Gasteiger partial charge in [0.15, 0.2) is 0 Å². The molecule has 40 heavy (non-hydrogen) atoms. The van der Waals surface area contributed by atoms with E-state index in [-0.39, 0.29) is 23.6 Å². The van der Waals surface area contributed by atoms with Gasteiger partial charge in [0, 0.05) is 41.3 Å². The van der Waals surface area contributed by atoms with Crippen LogP contribution in [0.1, 0.15) is 46.3 Å². The van der Waals surface area contributed by atoms with E-state index < -0.39 is 0 Å². The lowest BCUT2D eigenvalue weighted by atomic mass is 10.1. The van der Waals surface area contributed by atoms with Crippen LogP contribution in [0.5, 0.6) is 5.75 Å². The largest absolute Gasteiger partial charge is 0.489 e. The van der Waals surface area contributed by atoms with Crippen molar-refractivity contribution in [2.45, 2.75) is 32.4 Å². The van der Waals surface area contributed by atoms with Crippen LogP contribution in [0.3, 0.4) is 0 Å². The number of nitrogens with zero attached hydrogens (tertiary/aromatic N) is 2. The second-order valence-corrected chi connectivity index (χ2v) is 11.0. The molecule has 0 aliphatic carbocycles. The van der Waals surface area contributed by atoms with Crippen LogP contribution in [-0.2, 0) is 17.9 Å². The third-order valence-corrected chi connectivity index (χ3v) is 8.19. The summed E-state index contributed by atoms with van der Waals surface area (Å²) >= 11 is 0.939. The smallest absolute Gasteiger partial charge is 0.293 e. The van der Waals surface area contributed by atoms with Gasteiger partial charge in [0.1, 0.15) is 12.4 Å². The highest BCUT2D eigenvalue weighted by molar-refractivity contribution is 8.18. The quantitative estimate of drug-likeness (QED) is 0.261. The fraction of sp³-hybridized carbons (Fsp3) is 0.219. The minimum absolute atomic E-state index is 0.0349. The normalized spacial score (nSPS) is 16.8. The fourth-order valence-electron chi connectivity index (χ4n) is 5.06. The summed E-state index contributed by atoms with van der Waals surface area (Å²) in [6, 6.07) is 23.0. The number of aromatic amines is 1. The lowest BCUT2D eigenvalue weighted by Crippen LogP contribution is -2.35. The van der Waals surface area contributed by atoms with Crippen molar-refractivity contribution in [2.75, 3.05) is 13.1 Å². The summed E-state index contributed by atoms with van der Waals surface area (Å²) in [7, 11) is 0. The first-order chi connectivity index (χ1) is 19.5. The minimum atomic E-state index is -0.325. The Morgan fingerprint density at radius 1 is 0.925 bits per heavy atom. The van der Waals surface area contributed by atoms with E-state index in [4.69, 9.17) is 4.74 Å². The molecule has 0 unspecified atom stereocenters. The van der Waals surface area contributed by atoms with Crippen LogP contribution in [0.15, 0.2) is 83.9 Å². The number of carbonyl (C=O) groups is 3. The zero-order chi connectivity index (χ0) is 27.5. The number of rotatable bonds is 7. The molecule has 4 aromatic rings. The number of thioether (sulfide) groups is 1. The standard InChI is InChI=1S/C32H29N3O4S/c36-30(34-15-5-2-6-16-34)24-11-9-22(10-12-24)20-35-31(37)29(40-32(35)38)17-25-19-33-28-14-13-26(18-27(25)28)39-21-23-7-3-1-4-8-23/h1,3-4,7-14,17-19,33H,2,5-6,15-16,20-21H2. The predicted molar refractivity (Wildman–Crippen MR) is 157 cm³/mol. The van der Waals surface area contributed by atoms with E-state index in [0.29, 0.717) is 17.1 Å². The Kier molecular flexibility index (Phi) is 7.42. The summed E-state index contributed by atoms with van der Waals surface area (Å²) in [6.45, 7) is 2.20. The third-order valence-electron chi connectivity index (χ3n) is 7.28. The van der Waals surface area contributed by atoms with E-state index >= 15 is 0 Å². The molecular formula is C32H29N3O4S. The van der Waals surface area contributed by atoms with Crippen LogP contribution in [-0.4, -0.2) is 44.9 Å². The van der Waals surface area contributed by atoms with E-state index in [1.807, 2.05) is 71.8 Å². The Bertz CT molecular complexity index is 1590. The molecule has 3 heterocycles. The summed E-state index contributed by atoms with van der Waals surface area (Å²) in [5, 5.41) is 0.600. The minimum Gasteiger partial charge on any atom is -0.489 e. The second-order valence-electron chi connectivity index (χ2n) is 10.0. The van der Waals surface area contributed by atoms with Crippen molar-refractivity contribution in [2.24, 2.45) is 0 Å². The molecule has 0 spiro atoms. The molecule has 2 aliphatic heterocycles. The highest BCUT2D eigenvalue weighted by atomic mass is 32.2. The van der Waals surface area contributed by atoms with Gasteiger partial charge < -0.3 is 14.6 Å². The molecule has 0 bridgehead atoms. The van der Waals surface area contributed by atoms with Crippen molar-refractivity contribution >= 4 is 45.8 Å². The van der Waals surface area contributed by atoms with Crippen LogP contribution in [0.4, 0.5) is 4.79 Å². The molecule has 2 saturated heterocycles. The third kappa shape index (κ3) is 5.53. The highest BCUT2D eigenvalue weighted by Crippen LogP contribution is 2.35. The summed E-state index contributed by atoms with van der Waals surface area (Å²) in [5.74, 6) is 0.433. The number of carbonyl (C=O) groups excluding carboxylic acids is 3. The maximum atomic E-state index is 13.2. The molecule has 0 saturated carbocycles. The van der Waals surface area contributed by atoms with E-state index in [9.17, 15) is 14.4 Å². The van der Waals surface area contributed by atoms with Crippen LogP contribution in [0, 0.1) is 0 Å². The number of H-pyrrole nitrogens is 1. The summed E-state index contributed by atoms with van der Waals surface area (Å²) in [4.78, 5) is 45.5.